The van der Waals surface area contributed by atoms with Crippen molar-refractivity contribution in [1.82, 2.24) is 20.2 Å². The second kappa shape index (κ2) is 6.61. The average molecular weight is 367 g/mol. The lowest BCUT2D eigenvalue weighted by Crippen LogP contribution is -1.99. The summed E-state index contributed by atoms with van der Waals surface area (Å²) in [5.74, 6) is 0.368. The summed E-state index contributed by atoms with van der Waals surface area (Å²) in [5.41, 5.74) is 6.85. The maximum atomic E-state index is 9.50. The summed E-state index contributed by atoms with van der Waals surface area (Å²) in [6.45, 7) is 2.11. The Kier molecular flexibility index (Phi) is 4.14. The molecule has 0 aliphatic carbocycles. The number of fused-ring (bicyclic) bond motifs is 3. The number of aromatic nitrogens is 4. The van der Waals surface area contributed by atoms with Gasteiger partial charge in [0.25, 0.3) is 5.95 Å². The minimum absolute atomic E-state index is 0.111. The first kappa shape index (κ1) is 16.3. The Morgan fingerprint density at radius 1 is 1.23 bits per heavy atom. The summed E-state index contributed by atoms with van der Waals surface area (Å²) in [6, 6.07) is 10.8. The maximum Gasteiger partial charge on any atom is 0.265 e. The molecule has 2 aromatic heterocycles. The van der Waals surface area contributed by atoms with Gasteiger partial charge in [-0.1, -0.05) is 24.6 Å². The number of hydrazone groups is 1. The fourth-order valence-corrected chi connectivity index (χ4v) is 2.84. The third kappa shape index (κ3) is 3.04. The summed E-state index contributed by atoms with van der Waals surface area (Å²) >= 11 is 6.05. The van der Waals surface area contributed by atoms with Gasteiger partial charge in [0.2, 0.25) is 0 Å². The second-order valence-electron chi connectivity index (χ2n) is 5.77. The molecule has 0 atom stereocenters. The smallest absolute Gasteiger partial charge is 0.265 e. The van der Waals surface area contributed by atoms with E-state index in [0.717, 1.165) is 22.8 Å². The summed E-state index contributed by atoms with van der Waals surface area (Å²) in [4.78, 5) is 7.64. The molecule has 0 unspecified atom stereocenters. The van der Waals surface area contributed by atoms with Gasteiger partial charge in [-0.2, -0.15) is 10.1 Å². The lowest BCUT2D eigenvalue weighted by Gasteiger charge is -2.00. The van der Waals surface area contributed by atoms with Crippen LogP contribution in [0.3, 0.4) is 0 Å². The van der Waals surface area contributed by atoms with Gasteiger partial charge in [0, 0.05) is 21.5 Å². The zero-order valence-electron chi connectivity index (χ0n) is 13.9. The fraction of sp³-hybridized carbons (Fsp3) is 0.111. The van der Waals surface area contributed by atoms with Crippen LogP contribution in [0.25, 0.3) is 22.1 Å². The molecule has 0 amide bonds. The van der Waals surface area contributed by atoms with Gasteiger partial charge in [0.15, 0.2) is 5.65 Å². The van der Waals surface area contributed by atoms with Crippen LogP contribution in [0, 0.1) is 0 Å². The van der Waals surface area contributed by atoms with E-state index in [1.807, 2.05) is 6.07 Å². The van der Waals surface area contributed by atoms with Crippen molar-refractivity contribution < 1.29 is 5.11 Å². The highest BCUT2D eigenvalue weighted by Gasteiger charge is 2.09. The van der Waals surface area contributed by atoms with E-state index >= 15 is 0 Å². The van der Waals surface area contributed by atoms with E-state index in [-0.39, 0.29) is 11.7 Å². The number of nitrogens with one attached hydrogen (secondary N) is 2. The molecule has 26 heavy (non-hydrogen) atoms. The van der Waals surface area contributed by atoms with Crippen LogP contribution in [-0.4, -0.2) is 31.5 Å². The number of rotatable bonds is 4. The van der Waals surface area contributed by atoms with E-state index in [9.17, 15) is 5.11 Å². The van der Waals surface area contributed by atoms with Crippen LogP contribution in [0.4, 0.5) is 5.95 Å². The van der Waals surface area contributed by atoms with Crippen molar-refractivity contribution in [2.45, 2.75) is 13.3 Å². The van der Waals surface area contributed by atoms with Gasteiger partial charge in [0.05, 0.1) is 6.21 Å². The topological polar surface area (TPSA) is 99.1 Å². The Balaban J connectivity index is 1.62. The molecule has 4 rings (SSSR count). The van der Waals surface area contributed by atoms with Crippen LogP contribution in [0.2, 0.25) is 5.02 Å². The molecule has 0 saturated heterocycles. The molecular weight excluding hydrogens is 352 g/mol. The van der Waals surface area contributed by atoms with Gasteiger partial charge in [-0.25, -0.2) is 5.43 Å². The highest BCUT2D eigenvalue weighted by atomic mass is 35.5. The highest BCUT2D eigenvalue weighted by Crippen LogP contribution is 2.24. The predicted octanol–water partition coefficient (Wildman–Crippen LogP) is 3.87. The molecule has 0 fully saturated rings. The highest BCUT2D eigenvalue weighted by molar-refractivity contribution is 6.33. The SMILES string of the molecule is CCc1ccc2[nH]c3nc(N/N=C/c4cc(O)ccc4Cl)nnc3c2c1. The van der Waals surface area contributed by atoms with E-state index in [4.69, 9.17) is 11.6 Å². The molecule has 2 heterocycles. The number of benzene rings is 2. The quantitative estimate of drug-likeness (QED) is 0.376. The van der Waals surface area contributed by atoms with Gasteiger partial charge in [0.1, 0.15) is 11.3 Å². The minimum atomic E-state index is 0.111. The van der Waals surface area contributed by atoms with E-state index in [0.29, 0.717) is 16.2 Å². The zero-order valence-corrected chi connectivity index (χ0v) is 14.6. The summed E-state index contributed by atoms with van der Waals surface area (Å²) in [6.07, 6.45) is 2.43. The normalized spacial score (nSPS) is 11.6. The fourth-order valence-electron chi connectivity index (χ4n) is 2.68. The van der Waals surface area contributed by atoms with Crippen molar-refractivity contribution in [3.8, 4) is 5.75 Å². The molecule has 0 radical (unpaired) electrons. The minimum Gasteiger partial charge on any atom is -0.508 e. The number of hydrogen-bond acceptors (Lipinski definition) is 6. The molecule has 4 aromatic rings. The number of aromatic hydroxyl groups is 1. The molecule has 8 heteroatoms. The molecule has 2 aromatic carbocycles. The van der Waals surface area contributed by atoms with Gasteiger partial charge < -0.3 is 10.1 Å². The number of H-pyrrole nitrogens is 1. The van der Waals surface area contributed by atoms with Crippen LogP contribution in [0.15, 0.2) is 41.5 Å². The predicted molar refractivity (Wildman–Crippen MR) is 103 cm³/mol. The molecule has 0 aliphatic heterocycles. The molecule has 0 saturated carbocycles. The Morgan fingerprint density at radius 3 is 2.96 bits per heavy atom. The van der Waals surface area contributed by atoms with Crippen LogP contribution in [0.1, 0.15) is 18.1 Å². The van der Waals surface area contributed by atoms with Crippen LogP contribution in [-0.2, 0) is 6.42 Å². The van der Waals surface area contributed by atoms with E-state index in [2.05, 4.69) is 49.7 Å². The van der Waals surface area contributed by atoms with Crippen molar-refractivity contribution in [3.05, 3.63) is 52.5 Å². The van der Waals surface area contributed by atoms with Crippen LogP contribution >= 0.6 is 11.6 Å². The first-order chi connectivity index (χ1) is 12.6. The lowest BCUT2D eigenvalue weighted by molar-refractivity contribution is 0.475. The number of hydrogen-bond donors (Lipinski definition) is 3. The largest absolute Gasteiger partial charge is 0.508 e. The van der Waals surface area contributed by atoms with Crippen LogP contribution < -0.4 is 5.43 Å². The van der Waals surface area contributed by atoms with Crippen molar-refractivity contribution in [2.75, 3.05) is 5.43 Å². The number of aromatic amines is 1. The Bertz CT molecular complexity index is 1140. The first-order valence-corrected chi connectivity index (χ1v) is 8.44. The van der Waals surface area contributed by atoms with Gasteiger partial charge >= 0.3 is 0 Å². The Labute approximate surface area is 153 Å². The molecule has 130 valence electrons. The third-order valence-electron chi connectivity index (χ3n) is 4.03. The molecule has 0 bridgehead atoms. The van der Waals surface area contributed by atoms with E-state index in [1.54, 1.807) is 6.07 Å². The van der Waals surface area contributed by atoms with Gasteiger partial charge in [-0.05, 0) is 42.3 Å². The van der Waals surface area contributed by atoms with E-state index < -0.39 is 0 Å². The number of halogens is 1. The second-order valence-corrected chi connectivity index (χ2v) is 6.17. The maximum absolute atomic E-state index is 9.50. The number of anilines is 1. The molecule has 0 aliphatic rings. The summed E-state index contributed by atoms with van der Waals surface area (Å²) in [5, 5.41) is 23.4. The molecular formula is C18H15ClN6O. The monoisotopic (exact) mass is 366 g/mol. The average Bonchev–Trinajstić information content (AvgIpc) is 3.01. The number of aryl methyl sites for hydroxylation is 1. The lowest BCUT2D eigenvalue weighted by atomic mass is 10.1. The van der Waals surface area contributed by atoms with Crippen molar-refractivity contribution >= 4 is 45.8 Å². The zero-order chi connectivity index (χ0) is 18.1. The number of phenols is 1. The van der Waals surface area contributed by atoms with Crippen molar-refractivity contribution in [2.24, 2.45) is 5.10 Å². The molecule has 7 nitrogen and oxygen atoms in total. The van der Waals surface area contributed by atoms with Gasteiger partial charge in [-0.15, -0.1) is 10.2 Å². The molecule has 0 spiro atoms. The summed E-state index contributed by atoms with van der Waals surface area (Å²) in [7, 11) is 0. The number of phenolic OH excluding ortho intramolecular Hbond substituents is 1. The van der Waals surface area contributed by atoms with Crippen LogP contribution in [0.5, 0.6) is 5.75 Å². The number of nitrogens with zero attached hydrogens (tertiary/aromatic N) is 4. The standard InChI is InChI=1S/C18H15ClN6O/c1-2-10-3-6-15-13(7-10)16-17(21-15)22-18(25-23-16)24-20-9-11-8-12(26)4-5-14(11)19/h3-9,26H,2H2,1H3,(H2,21,22,24,25)/b20-9+. The van der Waals surface area contributed by atoms with Crippen molar-refractivity contribution in [1.29, 1.82) is 0 Å². The van der Waals surface area contributed by atoms with Gasteiger partial charge in [-0.3, -0.25) is 0 Å². The van der Waals surface area contributed by atoms with Crippen molar-refractivity contribution in [3.63, 3.8) is 0 Å². The first-order valence-electron chi connectivity index (χ1n) is 8.06. The Hall–Kier alpha value is -3.19. The molecule has 3 N–H and O–H groups in total. The summed E-state index contributed by atoms with van der Waals surface area (Å²) < 4.78 is 0. The van der Waals surface area contributed by atoms with E-state index in [1.165, 1.54) is 23.9 Å². The third-order valence-corrected chi connectivity index (χ3v) is 4.38. The Morgan fingerprint density at radius 2 is 2.12 bits per heavy atom.